The number of benzene rings is 2. The van der Waals surface area contributed by atoms with Crippen LogP contribution in [0.3, 0.4) is 0 Å². The summed E-state index contributed by atoms with van der Waals surface area (Å²) in [6.07, 6.45) is 2.20. The molecule has 0 N–H and O–H groups in total. The quantitative estimate of drug-likeness (QED) is 0.151. The molecule has 25 heavy (non-hydrogen) atoms. The van der Waals surface area contributed by atoms with E-state index in [2.05, 4.69) is 95.4 Å². The lowest BCUT2D eigenvalue weighted by molar-refractivity contribution is 1.06. The summed E-state index contributed by atoms with van der Waals surface area (Å²) in [6, 6.07) is 13.9. The Balaban J connectivity index is 2.15. The maximum atomic E-state index is 2.45. The summed E-state index contributed by atoms with van der Waals surface area (Å²) in [5, 5.41) is 0. The molecule has 0 nitrogen and oxygen atoms in total. The number of thioether (sulfide) groups is 2. The van der Waals surface area contributed by atoms with Crippen molar-refractivity contribution in [2.75, 3.05) is 20.4 Å². The van der Waals surface area contributed by atoms with E-state index in [1.807, 2.05) is 35.3 Å². The van der Waals surface area contributed by atoms with Crippen LogP contribution in [-0.4, -0.2) is 20.4 Å². The second kappa shape index (κ2) is 12.4. The van der Waals surface area contributed by atoms with E-state index >= 15 is 0 Å². The highest BCUT2D eigenvalue weighted by Crippen LogP contribution is 2.35. The Labute approximate surface area is 192 Å². The Hall–Kier alpha value is 0.950. The Morgan fingerprint density at radius 3 is 1.52 bits per heavy atom. The first-order valence-corrected chi connectivity index (χ1v) is 14.4. The molecule has 0 spiro atoms. The van der Waals surface area contributed by atoms with E-state index < -0.39 is 0 Å². The number of hydrogen-bond acceptors (Lipinski definition) is 3. The average molecular weight is 614 g/mol. The van der Waals surface area contributed by atoms with Crippen molar-refractivity contribution >= 4 is 80.5 Å². The van der Waals surface area contributed by atoms with Crippen molar-refractivity contribution in [3.8, 4) is 0 Å². The second-order valence-electron chi connectivity index (χ2n) is 5.42. The van der Waals surface area contributed by atoms with Gasteiger partial charge in [-0.2, -0.15) is 0 Å². The summed E-state index contributed by atoms with van der Waals surface area (Å²) >= 11 is 10.8. The van der Waals surface area contributed by atoms with E-state index in [0.29, 0.717) is 0 Å². The zero-order valence-electron chi connectivity index (χ0n) is 14.7. The van der Waals surface area contributed by atoms with Crippen LogP contribution < -0.4 is 0 Å². The van der Waals surface area contributed by atoms with E-state index in [-0.39, 0.29) is 0 Å². The molecule has 0 aromatic heterocycles. The fraction of sp³-hybridized carbons (Fsp3) is 0.400. The predicted octanol–water partition coefficient (Wildman–Crippen LogP) is 8.02. The zero-order chi connectivity index (χ0) is 18.1. The molecule has 2 aromatic rings. The minimum atomic E-state index is 1.10. The van der Waals surface area contributed by atoms with Gasteiger partial charge in [0.2, 0.25) is 0 Å². The van der Waals surface area contributed by atoms with Crippen LogP contribution in [0.1, 0.15) is 25.0 Å². The Kier molecular flexibility index (Phi) is 11.0. The second-order valence-corrected chi connectivity index (χ2v) is 11.0. The lowest BCUT2D eigenvalue weighted by atomic mass is 10.2. The van der Waals surface area contributed by atoms with Crippen molar-refractivity contribution in [2.45, 2.75) is 46.3 Å². The summed E-state index contributed by atoms with van der Waals surface area (Å²) in [5.41, 5.74) is 2.95. The fourth-order valence-corrected chi connectivity index (χ4v) is 6.47. The summed E-state index contributed by atoms with van der Waals surface area (Å²) < 4.78 is 2.40. The van der Waals surface area contributed by atoms with E-state index in [1.165, 1.54) is 51.1 Å². The van der Waals surface area contributed by atoms with Crippen LogP contribution in [0.2, 0.25) is 0 Å². The Morgan fingerprint density at radius 1 is 0.720 bits per heavy atom. The standard InChI is InChI=1S/C20H24I2S3/c1-3-15-13-17(5-7-19(15)23-11-9-21)25-18-6-8-20(24-12-10-22)16(4-2)14-18/h5-8,13-14H,3-4,9-12H2,1-2H3. The molecule has 5 heteroatoms. The maximum absolute atomic E-state index is 2.45. The molecule has 0 aliphatic carbocycles. The monoisotopic (exact) mass is 614 g/mol. The number of aryl methyl sites for hydroxylation is 2. The van der Waals surface area contributed by atoms with Crippen LogP contribution in [-0.2, 0) is 12.8 Å². The molecule has 0 amide bonds. The molecule has 0 saturated carbocycles. The topological polar surface area (TPSA) is 0 Å². The van der Waals surface area contributed by atoms with Crippen LogP contribution >= 0.6 is 80.5 Å². The minimum absolute atomic E-state index is 1.10. The molecular formula is C20H24I2S3. The number of alkyl halides is 2. The van der Waals surface area contributed by atoms with Crippen molar-refractivity contribution in [1.82, 2.24) is 0 Å². The molecule has 2 rings (SSSR count). The molecule has 0 fully saturated rings. The smallest absolute Gasteiger partial charge is 0.0125 e. The van der Waals surface area contributed by atoms with Gasteiger partial charge in [0.25, 0.3) is 0 Å². The highest BCUT2D eigenvalue weighted by Gasteiger charge is 2.07. The van der Waals surface area contributed by atoms with Crippen molar-refractivity contribution in [3.63, 3.8) is 0 Å². The van der Waals surface area contributed by atoms with Crippen molar-refractivity contribution < 1.29 is 0 Å². The van der Waals surface area contributed by atoms with E-state index in [9.17, 15) is 0 Å². The largest absolute Gasteiger partial charge is 0.125 e. The van der Waals surface area contributed by atoms with Gasteiger partial charge in [-0.15, -0.1) is 23.5 Å². The van der Waals surface area contributed by atoms with Crippen LogP contribution in [0.5, 0.6) is 0 Å². The first-order chi connectivity index (χ1) is 12.2. The SMILES string of the molecule is CCc1cc(Sc2ccc(SCCI)c(CC)c2)ccc1SCCI. The van der Waals surface area contributed by atoms with Crippen LogP contribution in [0.15, 0.2) is 56.0 Å². The molecule has 2 aromatic carbocycles. The lowest BCUT2D eigenvalue weighted by Gasteiger charge is -2.12. The molecule has 0 unspecified atom stereocenters. The zero-order valence-corrected chi connectivity index (χ0v) is 21.5. The molecule has 0 aliphatic heterocycles. The summed E-state index contributed by atoms with van der Waals surface area (Å²) in [5.74, 6) is 2.38. The van der Waals surface area contributed by atoms with Gasteiger partial charge in [-0.25, -0.2) is 0 Å². The van der Waals surface area contributed by atoms with Gasteiger partial charge in [-0.3, -0.25) is 0 Å². The normalized spacial score (nSPS) is 11.0. The van der Waals surface area contributed by atoms with E-state index in [1.54, 1.807) is 0 Å². The highest BCUT2D eigenvalue weighted by atomic mass is 127. The van der Waals surface area contributed by atoms with Crippen LogP contribution in [0.25, 0.3) is 0 Å². The molecule has 0 saturated heterocycles. The predicted molar refractivity (Wildman–Crippen MR) is 135 cm³/mol. The third-order valence-corrected chi connectivity index (χ3v) is 9.49. The molecule has 0 bridgehead atoms. The van der Waals surface area contributed by atoms with Gasteiger partial charge in [0.05, 0.1) is 0 Å². The summed E-state index contributed by atoms with van der Waals surface area (Å²) in [7, 11) is 0. The van der Waals surface area contributed by atoms with Crippen molar-refractivity contribution in [1.29, 1.82) is 0 Å². The van der Waals surface area contributed by atoms with Gasteiger partial charge < -0.3 is 0 Å². The Bertz CT molecular complexity index is 616. The van der Waals surface area contributed by atoms with Gasteiger partial charge in [0, 0.05) is 39.9 Å². The molecule has 0 aliphatic rings. The molecular weight excluding hydrogens is 590 g/mol. The first-order valence-electron chi connectivity index (χ1n) is 8.53. The first kappa shape index (κ1) is 22.2. The molecule has 136 valence electrons. The van der Waals surface area contributed by atoms with Crippen LogP contribution in [0.4, 0.5) is 0 Å². The van der Waals surface area contributed by atoms with Crippen LogP contribution in [0, 0.1) is 0 Å². The molecule has 0 radical (unpaired) electrons. The highest BCUT2D eigenvalue weighted by molar-refractivity contribution is 14.1. The lowest BCUT2D eigenvalue weighted by Crippen LogP contribution is -1.90. The van der Waals surface area contributed by atoms with Gasteiger partial charge >= 0.3 is 0 Å². The fourth-order valence-electron chi connectivity index (χ4n) is 2.51. The van der Waals surface area contributed by atoms with Gasteiger partial charge in [0.15, 0.2) is 0 Å². The van der Waals surface area contributed by atoms with E-state index in [4.69, 9.17) is 0 Å². The summed E-state index contributed by atoms with van der Waals surface area (Å²) in [4.78, 5) is 5.60. The minimum Gasteiger partial charge on any atom is -0.125 e. The van der Waals surface area contributed by atoms with Gasteiger partial charge in [0.1, 0.15) is 0 Å². The summed E-state index contributed by atoms with van der Waals surface area (Å²) in [6.45, 7) is 4.51. The number of hydrogen-bond donors (Lipinski definition) is 0. The molecule has 0 atom stereocenters. The van der Waals surface area contributed by atoms with Gasteiger partial charge in [-0.1, -0.05) is 70.8 Å². The van der Waals surface area contributed by atoms with Crippen molar-refractivity contribution in [2.24, 2.45) is 0 Å². The molecule has 0 heterocycles. The number of halogens is 2. The third-order valence-electron chi connectivity index (χ3n) is 3.73. The maximum Gasteiger partial charge on any atom is 0.0125 e. The van der Waals surface area contributed by atoms with Gasteiger partial charge in [-0.05, 0) is 60.4 Å². The van der Waals surface area contributed by atoms with E-state index in [0.717, 1.165) is 12.8 Å². The number of rotatable bonds is 10. The Morgan fingerprint density at radius 2 is 1.16 bits per heavy atom. The van der Waals surface area contributed by atoms with Crippen molar-refractivity contribution in [3.05, 3.63) is 47.5 Å². The third kappa shape index (κ3) is 7.12. The average Bonchev–Trinajstić information content (AvgIpc) is 2.65.